The predicted octanol–water partition coefficient (Wildman–Crippen LogP) is 3.60. The molecule has 2 aromatic carbocycles. The fraction of sp³-hybridized carbons (Fsp3) is 0.444. The molecule has 9 heteroatoms. The zero-order valence-electron chi connectivity index (χ0n) is 21.1. The number of rotatable bonds is 12. The first-order valence-corrected chi connectivity index (χ1v) is 13.4. The second kappa shape index (κ2) is 12.4. The third-order valence-corrected chi connectivity index (χ3v) is 8.71. The first-order chi connectivity index (χ1) is 17.2. The summed E-state index contributed by atoms with van der Waals surface area (Å²) in [5, 5.41) is 10.3. The Balaban J connectivity index is 1.83. The van der Waals surface area contributed by atoms with Crippen LogP contribution >= 0.6 is 0 Å². The van der Waals surface area contributed by atoms with Gasteiger partial charge in [-0.1, -0.05) is 23.8 Å². The van der Waals surface area contributed by atoms with Crippen LogP contribution in [-0.2, 0) is 25.8 Å². The number of ether oxygens (including phenoxy) is 3. The van der Waals surface area contributed by atoms with E-state index in [4.69, 9.17) is 14.2 Å². The highest BCUT2D eigenvalue weighted by atomic mass is 32.2. The quantitative estimate of drug-likeness (QED) is 0.426. The largest absolute Gasteiger partial charge is 0.497 e. The molecule has 1 N–H and O–H groups in total. The molecule has 1 saturated heterocycles. The minimum atomic E-state index is -4.26. The standard InChI is InChI=1S/C27H35NO7S/c1-21(2)12-13-27(26(29)30,36(31,32)25-10-8-23(33-3)9-11-25)20-22-4-6-24(7-5-22)35-19-16-28-14-17-34-18-15-28/h4-12H,13-20H2,1-3H3,(H,29,30). The third-order valence-electron chi connectivity index (χ3n) is 6.31. The SMILES string of the molecule is COc1ccc(S(=O)(=O)C(CC=C(C)C)(Cc2ccc(OCCN3CCOCC3)cc2)C(=O)O)cc1. The maximum Gasteiger partial charge on any atom is 0.326 e. The van der Waals surface area contributed by atoms with E-state index >= 15 is 0 Å². The van der Waals surface area contributed by atoms with Crippen LogP contribution in [-0.4, -0.2) is 75.7 Å². The van der Waals surface area contributed by atoms with Crippen molar-refractivity contribution in [3.05, 3.63) is 65.7 Å². The Morgan fingerprint density at radius 1 is 1.06 bits per heavy atom. The van der Waals surface area contributed by atoms with Crippen LogP contribution in [0.5, 0.6) is 11.5 Å². The molecular weight excluding hydrogens is 482 g/mol. The molecule has 1 fully saturated rings. The van der Waals surface area contributed by atoms with E-state index < -0.39 is 20.6 Å². The van der Waals surface area contributed by atoms with Crippen LogP contribution in [0.15, 0.2) is 65.1 Å². The van der Waals surface area contributed by atoms with Gasteiger partial charge in [-0.25, -0.2) is 8.42 Å². The topological polar surface area (TPSA) is 102 Å². The third kappa shape index (κ3) is 6.66. The zero-order valence-corrected chi connectivity index (χ0v) is 21.9. The smallest absolute Gasteiger partial charge is 0.326 e. The van der Waals surface area contributed by atoms with Crippen molar-refractivity contribution in [1.29, 1.82) is 0 Å². The minimum absolute atomic E-state index is 0.0593. The van der Waals surface area contributed by atoms with Gasteiger partial charge < -0.3 is 19.3 Å². The summed E-state index contributed by atoms with van der Waals surface area (Å²) in [5.74, 6) is -0.250. The fourth-order valence-electron chi connectivity index (χ4n) is 4.05. The predicted molar refractivity (Wildman–Crippen MR) is 137 cm³/mol. The highest BCUT2D eigenvalue weighted by molar-refractivity contribution is 7.93. The maximum absolute atomic E-state index is 13.8. The van der Waals surface area contributed by atoms with Gasteiger partial charge in [0, 0.05) is 26.1 Å². The molecule has 0 spiro atoms. The number of methoxy groups -OCH3 is 1. The number of benzene rings is 2. The molecule has 1 aliphatic heterocycles. The zero-order chi connectivity index (χ0) is 26.2. The van der Waals surface area contributed by atoms with Crippen LogP contribution in [0, 0.1) is 0 Å². The number of carboxylic acids is 1. The average molecular weight is 518 g/mol. The molecule has 1 heterocycles. The van der Waals surface area contributed by atoms with Gasteiger partial charge in [0.2, 0.25) is 0 Å². The number of allylic oxidation sites excluding steroid dienone is 2. The normalized spacial score (nSPS) is 16.1. The lowest BCUT2D eigenvalue weighted by molar-refractivity contribution is -0.140. The van der Waals surface area contributed by atoms with Crippen molar-refractivity contribution in [2.24, 2.45) is 0 Å². The van der Waals surface area contributed by atoms with Gasteiger partial charge in [-0.15, -0.1) is 0 Å². The highest BCUT2D eigenvalue weighted by Crippen LogP contribution is 2.35. The highest BCUT2D eigenvalue weighted by Gasteiger charge is 2.51. The molecule has 8 nitrogen and oxygen atoms in total. The molecule has 0 saturated carbocycles. The molecule has 1 aliphatic rings. The molecule has 1 unspecified atom stereocenters. The molecule has 0 bridgehead atoms. The second-order valence-corrected chi connectivity index (χ2v) is 11.3. The summed E-state index contributed by atoms with van der Waals surface area (Å²) in [4.78, 5) is 14.9. The van der Waals surface area contributed by atoms with Crippen molar-refractivity contribution in [3.8, 4) is 11.5 Å². The van der Waals surface area contributed by atoms with E-state index in [1.165, 1.54) is 31.4 Å². The Morgan fingerprint density at radius 3 is 2.22 bits per heavy atom. The Morgan fingerprint density at radius 2 is 1.67 bits per heavy atom. The molecule has 0 aliphatic carbocycles. The Bertz CT molecular complexity index is 1130. The van der Waals surface area contributed by atoms with Gasteiger partial charge in [-0.05, 0) is 62.2 Å². The lowest BCUT2D eigenvalue weighted by Crippen LogP contribution is -2.48. The average Bonchev–Trinajstić information content (AvgIpc) is 2.87. The molecule has 0 aromatic heterocycles. The van der Waals surface area contributed by atoms with Gasteiger partial charge in [0.15, 0.2) is 14.6 Å². The van der Waals surface area contributed by atoms with E-state index in [-0.39, 0.29) is 17.7 Å². The minimum Gasteiger partial charge on any atom is -0.497 e. The van der Waals surface area contributed by atoms with Gasteiger partial charge in [0.1, 0.15) is 18.1 Å². The summed E-state index contributed by atoms with van der Waals surface area (Å²) in [6.45, 7) is 8.16. The number of nitrogens with zero attached hydrogens (tertiary/aromatic N) is 1. The summed E-state index contributed by atoms with van der Waals surface area (Å²) < 4.78 is 41.8. The molecule has 196 valence electrons. The summed E-state index contributed by atoms with van der Waals surface area (Å²) in [6, 6.07) is 12.8. The van der Waals surface area contributed by atoms with Gasteiger partial charge in [0.05, 0.1) is 25.2 Å². The molecular formula is C27H35NO7S. The van der Waals surface area contributed by atoms with Crippen molar-refractivity contribution < 1.29 is 32.5 Å². The van der Waals surface area contributed by atoms with Gasteiger partial charge in [0.25, 0.3) is 0 Å². The monoisotopic (exact) mass is 517 g/mol. The van der Waals surface area contributed by atoms with Gasteiger partial charge in [-0.2, -0.15) is 0 Å². The van der Waals surface area contributed by atoms with E-state index in [9.17, 15) is 18.3 Å². The number of carboxylic acid groups (broad SMARTS) is 1. The first-order valence-electron chi connectivity index (χ1n) is 12.0. The number of hydrogen-bond donors (Lipinski definition) is 1. The van der Waals surface area contributed by atoms with Crippen molar-refractivity contribution in [3.63, 3.8) is 0 Å². The van der Waals surface area contributed by atoms with Crippen molar-refractivity contribution in [1.82, 2.24) is 4.90 Å². The van der Waals surface area contributed by atoms with E-state index in [2.05, 4.69) is 4.90 Å². The van der Waals surface area contributed by atoms with Gasteiger partial charge in [-0.3, -0.25) is 9.69 Å². The fourth-order valence-corrected chi connectivity index (χ4v) is 5.89. The number of hydrogen-bond acceptors (Lipinski definition) is 7. The Kier molecular flexibility index (Phi) is 9.53. The number of morpholine rings is 1. The Hall–Kier alpha value is -2.88. The van der Waals surface area contributed by atoms with Crippen molar-refractivity contribution >= 4 is 15.8 Å². The first kappa shape index (κ1) is 27.7. The summed E-state index contributed by atoms with van der Waals surface area (Å²) in [7, 11) is -2.78. The summed E-state index contributed by atoms with van der Waals surface area (Å²) in [6.07, 6.45) is 1.32. The maximum atomic E-state index is 13.8. The molecule has 0 radical (unpaired) electrons. The van der Waals surface area contributed by atoms with Gasteiger partial charge >= 0.3 is 5.97 Å². The summed E-state index contributed by atoms with van der Waals surface area (Å²) in [5.41, 5.74) is 1.44. The van der Waals surface area contributed by atoms with E-state index in [0.717, 1.165) is 38.4 Å². The molecule has 3 rings (SSSR count). The van der Waals surface area contributed by atoms with Crippen LogP contribution < -0.4 is 9.47 Å². The lowest BCUT2D eigenvalue weighted by atomic mass is 9.94. The molecule has 1 atom stereocenters. The number of sulfone groups is 1. The van der Waals surface area contributed by atoms with Crippen LogP contribution in [0.4, 0.5) is 0 Å². The van der Waals surface area contributed by atoms with E-state index in [1.54, 1.807) is 30.3 Å². The second-order valence-electron chi connectivity index (χ2n) is 9.09. The number of carbonyl (C=O) groups is 1. The number of aliphatic carboxylic acids is 1. The van der Waals surface area contributed by atoms with E-state index in [1.807, 2.05) is 13.8 Å². The van der Waals surface area contributed by atoms with Crippen LogP contribution in [0.3, 0.4) is 0 Å². The lowest BCUT2D eigenvalue weighted by Gasteiger charge is -2.29. The Labute approximate surface area is 213 Å². The van der Waals surface area contributed by atoms with Crippen LogP contribution in [0.1, 0.15) is 25.8 Å². The van der Waals surface area contributed by atoms with Crippen molar-refractivity contribution in [2.75, 3.05) is 46.6 Å². The molecule has 2 aromatic rings. The van der Waals surface area contributed by atoms with Crippen molar-refractivity contribution in [2.45, 2.75) is 36.3 Å². The molecule has 0 amide bonds. The van der Waals surface area contributed by atoms with Crippen LogP contribution in [0.25, 0.3) is 0 Å². The molecule has 36 heavy (non-hydrogen) atoms. The summed E-state index contributed by atoms with van der Waals surface area (Å²) >= 11 is 0. The van der Waals surface area contributed by atoms with Crippen LogP contribution in [0.2, 0.25) is 0 Å². The van der Waals surface area contributed by atoms with E-state index in [0.29, 0.717) is 23.7 Å².